The number of hydrogen-bond acceptors (Lipinski definition) is 1. The van der Waals surface area contributed by atoms with Crippen molar-refractivity contribution in [1.82, 2.24) is 0 Å². The Hall–Kier alpha value is 1.09. The third-order valence-corrected chi connectivity index (χ3v) is 1.84. The first-order valence-electron chi connectivity index (χ1n) is 2.11. The Balaban J connectivity index is 0. The van der Waals surface area contributed by atoms with Crippen LogP contribution in [0.25, 0.3) is 0 Å². The van der Waals surface area contributed by atoms with Gasteiger partial charge in [0.1, 0.15) is 0 Å². The molecule has 0 fully saturated rings. The summed E-state index contributed by atoms with van der Waals surface area (Å²) in [6, 6.07) is 0. The molecule has 38 valence electrons. The molecular formula is C4H12AlLiO. The molecule has 0 aromatic carbocycles. The molecule has 0 saturated carbocycles. The quantitative estimate of drug-likeness (QED) is 0.389. The van der Waals surface area contributed by atoms with Crippen molar-refractivity contribution >= 4 is 35.5 Å². The fraction of sp³-hybridized carbons (Fsp3) is 1.00. The van der Waals surface area contributed by atoms with E-state index in [0.29, 0.717) is 0 Å². The van der Waals surface area contributed by atoms with Gasteiger partial charge in [-0.25, -0.2) is 0 Å². The Morgan fingerprint density at radius 3 is 1.43 bits per heavy atom. The molecule has 3 heteroatoms. The van der Waals surface area contributed by atoms with Gasteiger partial charge in [-0.2, -0.15) is 0 Å². The van der Waals surface area contributed by atoms with Gasteiger partial charge in [0, 0.05) is 5.60 Å². The Morgan fingerprint density at radius 2 is 1.43 bits per heavy atom. The van der Waals surface area contributed by atoms with E-state index in [1.54, 1.807) is 0 Å². The van der Waals surface area contributed by atoms with Crippen molar-refractivity contribution in [2.45, 2.75) is 26.4 Å². The van der Waals surface area contributed by atoms with E-state index < -0.39 is 0 Å². The Bertz CT molecular complexity index is 41.4. The molecule has 0 amide bonds. The van der Waals surface area contributed by atoms with Crippen LogP contribution in [0.2, 0.25) is 0 Å². The maximum absolute atomic E-state index is 5.08. The first-order valence-corrected chi connectivity index (χ1v) is 2.93. The molecule has 0 aliphatic rings. The van der Waals surface area contributed by atoms with Gasteiger partial charge in [-0.1, -0.05) is 0 Å². The molecule has 0 spiro atoms. The van der Waals surface area contributed by atoms with E-state index >= 15 is 0 Å². The van der Waals surface area contributed by atoms with Gasteiger partial charge in [-0.05, 0) is 20.8 Å². The molecule has 0 unspecified atom stereocenters. The molecule has 0 rings (SSSR count). The monoisotopic (exact) mass is 110 g/mol. The SMILES string of the molecule is CC(C)(C)[O][AlH2].[LiH]. The molecule has 0 bridgehead atoms. The van der Waals surface area contributed by atoms with Crippen LogP contribution in [0.5, 0.6) is 0 Å². The molecule has 0 N–H and O–H groups in total. The van der Waals surface area contributed by atoms with Crippen molar-refractivity contribution in [3.63, 3.8) is 0 Å². The first kappa shape index (κ1) is 11.0. The van der Waals surface area contributed by atoms with E-state index in [2.05, 4.69) is 20.8 Å². The summed E-state index contributed by atoms with van der Waals surface area (Å²) >= 11 is 0.848. The Morgan fingerprint density at radius 1 is 1.29 bits per heavy atom. The van der Waals surface area contributed by atoms with Crippen LogP contribution in [-0.4, -0.2) is 41.1 Å². The van der Waals surface area contributed by atoms with E-state index in [1.165, 1.54) is 0 Å². The second-order valence-corrected chi connectivity index (χ2v) is 2.72. The maximum atomic E-state index is 5.08. The molecule has 7 heavy (non-hydrogen) atoms. The summed E-state index contributed by atoms with van der Waals surface area (Å²) in [6.45, 7) is 6.17. The third-order valence-electron chi connectivity index (χ3n) is 0.612. The first-order chi connectivity index (χ1) is 2.56. The van der Waals surface area contributed by atoms with Crippen molar-refractivity contribution in [2.75, 3.05) is 0 Å². The van der Waals surface area contributed by atoms with Crippen LogP contribution >= 0.6 is 0 Å². The summed E-state index contributed by atoms with van der Waals surface area (Å²) in [5.41, 5.74) is 0.103. The van der Waals surface area contributed by atoms with Gasteiger partial charge in [0.2, 0.25) is 0 Å². The fourth-order valence-electron chi connectivity index (χ4n) is 0. The van der Waals surface area contributed by atoms with E-state index in [9.17, 15) is 0 Å². The third kappa shape index (κ3) is 11.0. The van der Waals surface area contributed by atoms with Gasteiger partial charge in [0.05, 0.1) is 0 Å². The Labute approximate surface area is 65.7 Å². The standard InChI is InChI=1S/C4H9O.Al.Li.3H/c1-4(2,3)5;;;;;/h1-3H3;;;;;/q-1;+1;;;;. The van der Waals surface area contributed by atoms with Crippen LogP contribution in [0.4, 0.5) is 0 Å². The number of rotatable bonds is 0. The summed E-state index contributed by atoms with van der Waals surface area (Å²) < 4.78 is 5.08. The van der Waals surface area contributed by atoms with Crippen LogP contribution < -0.4 is 0 Å². The van der Waals surface area contributed by atoms with Crippen molar-refractivity contribution in [3.8, 4) is 0 Å². The molecule has 0 saturated heterocycles. The number of hydrogen-bond donors (Lipinski definition) is 0. The summed E-state index contributed by atoms with van der Waals surface area (Å²) in [5, 5.41) is 0. The topological polar surface area (TPSA) is 9.23 Å². The second-order valence-electron chi connectivity index (χ2n) is 2.32. The molecule has 0 aliphatic carbocycles. The zero-order valence-corrected chi connectivity index (χ0v) is 6.91. The summed E-state index contributed by atoms with van der Waals surface area (Å²) in [4.78, 5) is 0. The van der Waals surface area contributed by atoms with Crippen molar-refractivity contribution in [2.24, 2.45) is 0 Å². The van der Waals surface area contributed by atoms with E-state index in [1.807, 2.05) is 0 Å². The Kier molecular flexibility index (Phi) is 6.29. The van der Waals surface area contributed by atoms with E-state index in [4.69, 9.17) is 3.79 Å². The zero-order chi connectivity index (χ0) is 5.21. The van der Waals surface area contributed by atoms with Crippen LogP contribution in [0.15, 0.2) is 0 Å². The van der Waals surface area contributed by atoms with Crippen molar-refractivity contribution in [3.05, 3.63) is 0 Å². The minimum atomic E-state index is 0. The van der Waals surface area contributed by atoms with Crippen LogP contribution in [0, 0.1) is 0 Å². The van der Waals surface area contributed by atoms with Crippen LogP contribution in [0.3, 0.4) is 0 Å². The zero-order valence-electron chi connectivity index (χ0n) is 4.91. The van der Waals surface area contributed by atoms with E-state index in [0.717, 1.165) is 16.6 Å². The molecule has 0 radical (unpaired) electrons. The van der Waals surface area contributed by atoms with Gasteiger partial charge in [0.25, 0.3) is 0 Å². The molecule has 0 aliphatic heterocycles. The predicted octanol–water partition coefficient (Wildman–Crippen LogP) is -0.299. The van der Waals surface area contributed by atoms with Crippen molar-refractivity contribution in [1.29, 1.82) is 0 Å². The summed E-state index contributed by atoms with van der Waals surface area (Å²) in [7, 11) is 0. The average molecular weight is 110 g/mol. The molecule has 0 heterocycles. The van der Waals surface area contributed by atoms with Gasteiger partial charge in [-0.15, -0.1) is 0 Å². The van der Waals surface area contributed by atoms with Gasteiger partial charge >= 0.3 is 35.5 Å². The second kappa shape index (κ2) is 4.02. The predicted molar refractivity (Wildman–Crippen MR) is 36.5 cm³/mol. The average Bonchev–Trinajstić information content (AvgIpc) is 1.35. The van der Waals surface area contributed by atoms with Crippen LogP contribution in [0.1, 0.15) is 20.8 Å². The van der Waals surface area contributed by atoms with Gasteiger partial charge < -0.3 is 3.79 Å². The molecular weight excluding hydrogens is 98.0 g/mol. The van der Waals surface area contributed by atoms with Crippen molar-refractivity contribution < 1.29 is 3.79 Å². The molecule has 0 aromatic heterocycles. The minimum absolute atomic E-state index is 0. The molecule has 1 nitrogen and oxygen atoms in total. The molecule has 0 aromatic rings. The van der Waals surface area contributed by atoms with Gasteiger partial charge in [0.15, 0.2) is 0 Å². The molecule has 0 atom stereocenters. The van der Waals surface area contributed by atoms with Crippen LogP contribution in [-0.2, 0) is 3.79 Å². The summed E-state index contributed by atoms with van der Waals surface area (Å²) in [5.74, 6) is 0. The summed E-state index contributed by atoms with van der Waals surface area (Å²) in [6.07, 6.45) is 0. The normalized spacial score (nSPS) is 10.1. The van der Waals surface area contributed by atoms with Gasteiger partial charge in [-0.3, -0.25) is 0 Å². The fourth-order valence-corrected chi connectivity index (χ4v) is 0. The van der Waals surface area contributed by atoms with E-state index in [-0.39, 0.29) is 24.5 Å².